The lowest BCUT2D eigenvalue weighted by atomic mass is 9.55. The molecule has 1 aromatic heterocycles. The van der Waals surface area contributed by atoms with Crippen molar-refractivity contribution in [2.45, 2.75) is 55.6 Å². The summed E-state index contributed by atoms with van der Waals surface area (Å²) >= 11 is 0. The van der Waals surface area contributed by atoms with Gasteiger partial charge in [-0.3, -0.25) is 4.79 Å². The fraction of sp³-hybridized carbons (Fsp3) is 0.552. The minimum Gasteiger partial charge on any atom is -0.497 e. The number of rotatable bonds is 8. The molecule has 1 aliphatic heterocycles. The number of methoxy groups -OCH3 is 2. The molecule has 3 atom stereocenters. The van der Waals surface area contributed by atoms with Gasteiger partial charge in [0.05, 0.1) is 25.2 Å². The van der Waals surface area contributed by atoms with Crippen LogP contribution in [0.2, 0.25) is 0 Å². The van der Waals surface area contributed by atoms with Gasteiger partial charge in [-0.25, -0.2) is 0 Å². The van der Waals surface area contributed by atoms with Crippen LogP contribution in [0.25, 0.3) is 6.08 Å². The van der Waals surface area contributed by atoms with Crippen molar-refractivity contribution in [3.63, 3.8) is 0 Å². The molecule has 0 N–H and O–H groups in total. The van der Waals surface area contributed by atoms with Crippen molar-refractivity contribution in [2.24, 2.45) is 5.92 Å². The third kappa shape index (κ3) is 4.66. The Morgan fingerprint density at radius 1 is 1.23 bits per heavy atom. The molecule has 6 heteroatoms. The summed E-state index contributed by atoms with van der Waals surface area (Å²) in [4.78, 5) is 17.7. The molecule has 2 saturated carbocycles. The van der Waals surface area contributed by atoms with Crippen LogP contribution in [0, 0.1) is 5.92 Å². The van der Waals surface area contributed by atoms with Crippen LogP contribution in [0.4, 0.5) is 0 Å². The molecule has 1 saturated heterocycles. The van der Waals surface area contributed by atoms with E-state index in [0.29, 0.717) is 0 Å². The lowest BCUT2D eigenvalue weighted by Gasteiger charge is -2.60. The van der Waals surface area contributed by atoms with Gasteiger partial charge in [-0.15, -0.1) is 0 Å². The zero-order valence-corrected chi connectivity index (χ0v) is 21.2. The summed E-state index contributed by atoms with van der Waals surface area (Å²) in [7, 11) is 5.55. The highest BCUT2D eigenvalue weighted by molar-refractivity contribution is 5.91. The van der Waals surface area contributed by atoms with Crippen LogP contribution in [-0.4, -0.2) is 68.3 Å². The van der Waals surface area contributed by atoms with Crippen molar-refractivity contribution in [3.8, 4) is 5.75 Å². The highest BCUT2D eigenvalue weighted by atomic mass is 16.5. The minimum atomic E-state index is -0.278. The van der Waals surface area contributed by atoms with Crippen molar-refractivity contribution in [1.82, 2.24) is 9.80 Å². The standard InChI is InChI=1S/C29H38N2O4/c1-30(27(32)10-9-23-12-16-35-20-23)25-11-13-29(34-3)21-31(19-22-7-8-22)15-14-28(29,18-25)24-5-4-6-26(17-24)33-2/h4-6,9-10,12,16-17,20,22,25H,7-8,11,13-15,18-19,21H2,1-3H3/b10-9+/t25-,28+,29+/m1/s1. The number of amides is 1. The molecule has 3 fully saturated rings. The smallest absolute Gasteiger partial charge is 0.246 e. The summed E-state index contributed by atoms with van der Waals surface area (Å²) in [5.41, 5.74) is 1.70. The number of hydrogen-bond acceptors (Lipinski definition) is 5. The number of benzene rings is 1. The van der Waals surface area contributed by atoms with Crippen molar-refractivity contribution >= 4 is 12.0 Å². The second-order valence-corrected chi connectivity index (χ2v) is 10.7. The Balaban J connectivity index is 1.44. The van der Waals surface area contributed by atoms with Crippen LogP contribution >= 0.6 is 0 Å². The molecule has 0 spiro atoms. The van der Waals surface area contributed by atoms with Gasteiger partial charge < -0.3 is 23.7 Å². The summed E-state index contributed by atoms with van der Waals surface area (Å²) in [5.74, 6) is 1.75. The summed E-state index contributed by atoms with van der Waals surface area (Å²) in [6.45, 7) is 3.19. The molecule has 6 nitrogen and oxygen atoms in total. The summed E-state index contributed by atoms with van der Waals surface area (Å²) in [6, 6.07) is 10.5. The number of likely N-dealkylation sites (N-methyl/N-ethyl adjacent to an activating group) is 1. The first-order chi connectivity index (χ1) is 17.0. The second kappa shape index (κ2) is 9.82. The fourth-order valence-electron chi connectivity index (χ4n) is 6.47. The van der Waals surface area contributed by atoms with E-state index in [0.717, 1.165) is 56.0 Å². The Bertz CT molecular complexity index is 1050. The van der Waals surface area contributed by atoms with E-state index in [1.807, 2.05) is 37.3 Å². The van der Waals surface area contributed by atoms with Gasteiger partial charge in [0, 0.05) is 50.3 Å². The van der Waals surface area contributed by atoms with Gasteiger partial charge in [0.25, 0.3) is 0 Å². The largest absolute Gasteiger partial charge is 0.497 e. The number of carbonyl (C=O) groups is 1. The molecule has 188 valence electrons. The van der Waals surface area contributed by atoms with Gasteiger partial charge in [0.15, 0.2) is 0 Å². The Morgan fingerprint density at radius 2 is 2.09 bits per heavy atom. The van der Waals surface area contributed by atoms with Crippen LogP contribution in [0.3, 0.4) is 0 Å². The molecule has 0 bridgehead atoms. The van der Waals surface area contributed by atoms with E-state index < -0.39 is 0 Å². The molecular weight excluding hydrogens is 440 g/mol. The van der Waals surface area contributed by atoms with Crippen LogP contribution < -0.4 is 4.74 Å². The number of piperidine rings is 1. The number of likely N-dealkylation sites (tertiary alicyclic amines) is 1. The average molecular weight is 479 g/mol. The van der Waals surface area contributed by atoms with Crippen molar-refractivity contribution in [3.05, 3.63) is 60.1 Å². The molecule has 35 heavy (non-hydrogen) atoms. The maximum Gasteiger partial charge on any atom is 0.246 e. The molecule has 2 aliphatic carbocycles. The van der Waals surface area contributed by atoms with Gasteiger partial charge in [-0.1, -0.05) is 12.1 Å². The lowest BCUT2D eigenvalue weighted by Crippen LogP contribution is -2.68. The number of fused-ring (bicyclic) bond motifs is 1. The van der Waals surface area contributed by atoms with E-state index in [9.17, 15) is 4.79 Å². The maximum atomic E-state index is 13.1. The zero-order valence-electron chi connectivity index (χ0n) is 21.2. The first-order valence-electron chi connectivity index (χ1n) is 12.9. The van der Waals surface area contributed by atoms with Gasteiger partial charge in [0.1, 0.15) is 5.75 Å². The molecule has 2 heterocycles. The highest BCUT2D eigenvalue weighted by Crippen LogP contribution is 2.54. The Hall–Kier alpha value is -2.57. The van der Waals surface area contributed by atoms with Gasteiger partial charge in [-0.05, 0) is 80.8 Å². The van der Waals surface area contributed by atoms with Crippen molar-refractivity contribution in [2.75, 3.05) is 40.9 Å². The molecular formula is C29H38N2O4. The Morgan fingerprint density at radius 3 is 2.80 bits per heavy atom. The quantitative estimate of drug-likeness (QED) is 0.513. The lowest BCUT2D eigenvalue weighted by molar-refractivity contribution is -0.159. The SMILES string of the molecule is COc1cccc([C@@]23CCN(CC4CC4)C[C@@]2(OC)CC[C@@H](N(C)C(=O)/C=C/c2ccoc2)C3)c1. The minimum absolute atomic E-state index is 0.0214. The molecule has 0 radical (unpaired) electrons. The molecule has 3 aliphatic rings. The van der Waals surface area contributed by atoms with E-state index in [4.69, 9.17) is 13.9 Å². The number of ether oxygens (including phenoxy) is 2. The van der Waals surface area contributed by atoms with Crippen LogP contribution in [0.15, 0.2) is 53.4 Å². The molecule has 2 aromatic rings. The number of carbonyl (C=O) groups excluding carboxylic acids is 1. The topological polar surface area (TPSA) is 55.2 Å². The van der Waals surface area contributed by atoms with E-state index in [-0.39, 0.29) is 23.0 Å². The van der Waals surface area contributed by atoms with Crippen LogP contribution in [0.1, 0.15) is 49.7 Å². The second-order valence-electron chi connectivity index (χ2n) is 10.7. The Kier molecular flexibility index (Phi) is 6.78. The van der Waals surface area contributed by atoms with E-state index in [1.54, 1.807) is 25.7 Å². The number of nitrogens with zero attached hydrogens (tertiary/aromatic N) is 2. The molecule has 0 unspecified atom stereocenters. The van der Waals surface area contributed by atoms with Gasteiger partial charge >= 0.3 is 0 Å². The van der Waals surface area contributed by atoms with E-state index >= 15 is 0 Å². The number of hydrogen-bond donors (Lipinski definition) is 0. The van der Waals surface area contributed by atoms with Gasteiger partial charge in [0.2, 0.25) is 5.91 Å². The molecule has 1 aromatic carbocycles. The summed E-state index contributed by atoms with van der Waals surface area (Å²) in [5, 5.41) is 0. The van der Waals surface area contributed by atoms with Gasteiger partial charge in [-0.2, -0.15) is 0 Å². The van der Waals surface area contributed by atoms with Crippen molar-refractivity contribution < 1.29 is 18.7 Å². The normalized spacial score (nSPS) is 29.2. The Labute approximate surface area is 208 Å². The predicted octanol–water partition coefficient (Wildman–Crippen LogP) is 4.75. The van der Waals surface area contributed by atoms with Crippen LogP contribution in [0.5, 0.6) is 5.75 Å². The van der Waals surface area contributed by atoms with E-state index in [1.165, 1.54) is 24.9 Å². The monoisotopic (exact) mass is 478 g/mol. The molecule has 5 rings (SSSR count). The van der Waals surface area contributed by atoms with Crippen molar-refractivity contribution in [1.29, 1.82) is 0 Å². The maximum absolute atomic E-state index is 13.1. The molecule has 1 amide bonds. The van der Waals surface area contributed by atoms with Crippen LogP contribution in [-0.2, 0) is 14.9 Å². The first-order valence-corrected chi connectivity index (χ1v) is 12.9. The average Bonchev–Trinajstić information content (AvgIpc) is 3.55. The summed E-state index contributed by atoms with van der Waals surface area (Å²) in [6.07, 6.45) is 13.2. The first kappa shape index (κ1) is 24.1. The highest BCUT2D eigenvalue weighted by Gasteiger charge is 2.59. The zero-order chi connectivity index (χ0) is 24.5. The fourth-order valence-corrected chi connectivity index (χ4v) is 6.47. The third-order valence-corrected chi connectivity index (χ3v) is 8.75. The summed E-state index contributed by atoms with van der Waals surface area (Å²) < 4.78 is 17.3. The third-order valence-electron chi connectivity index (χ3n) is 8.75. The van der Waals surface area contributed by atoms with E-state index in [2.05, 4.69) is 23.1 Å². The number of furan rings is 1. The predicted molar refractivity (Wildman–Crippen MR) is 136 cm³/mol.